The van der Waals surface area contributed by atoms with E-state index in [0.29, 0.717) is 6.54 Å². The number of rotatable bonds is 6. The maximum absolute atomic E-state index is 4.78. The number of hydrogen-bond acceptors (Lipinski definition) is 3. The molecule has 3 aromatic heterocycles. The third-order valence-corrected chi connectivity index (χ3v) is 4.90. The number of aryl methyl sites for hydroxylation is 2. The number of guanidine groups is 1. The summed E-state index contributed by atoms with van der Waals surface area (Å²) in [4.78, 5) is 15.7. The van der Waals surface area contributed by atoms with Crippen molar-refractivity contribution in [3.8, 4) is 5.82 Å². The van der Waals surface area contributed by atoms with Crippen LogP contribution in [0.4, 0.5) is 0 Å². The fourth-order valence-corrected chi connectivity index (χ4v) is 3.52. The first-order valence-corrected chi connectivity index (χ1v) is 10.0. The lowest BCUT2D eigenvalue weighted by Crippen LogP contribution is -2.38. The molecule has 28 heavy (non-hydrogen) atoms. The van der Waals surface area contributed by atoms with E-state index in [1.807, 2.05) is 44.0 Å². The highest BCUT2D eigenvalue weighted by atomic mass is 79.9. The highest BCUT2D eigenvalue weighted by molar-refractivity contribution is 9.10. The van der Waals surface area contributed by atoms with Crippen LogP contribution in [0, 0.1) is 6.92 Å². The minimum atomic E-state index is 0.569. The van der Waals surface area contributed by atoms with Crippen molar-refractivity contribution in [2.24, 2.45) is 12.0 Å². The van der Waals surface area contributed by atoms with E-state index >= 15 is 0 Å². The quantitative estimate of drug-likeness (QED) is 0.468. The van der Waals surface area contributed by atoms with Crippen molar-refractivity contribution >= 4 is 21.9 Å². The van der Waals surface area contributed by atoms with Gasteiger partial charge in [-0.2, -0.15) is 0 Å². The highest BCUT2D eigenvalue weighted by Gasteiger charge is 2.10. The Morgan fingerprint density at radius 1 is 1.32 bits per heavy atom. The number of nitrogens with zero attached hydrogens (tertiary/aromatic N) is 6. The summed E-state index contributed by atoms with van der Waals surface area (Å²) in [6.07, 6.45) is 7.62. The first-order chi connectivity index (χ1) is 13.5. The summed E-state index contributed by atoms with van der Waals surface area (Å²) in [7, 11) is 4.10. The molecule has 3 rings (SSSR count). The average Bonchev–Trinajstić information content (AvgIpc) is 3.23. The topological polar surface area (TPSA) is 63.3 Å². The Balaban J connectivity index is 1.70. The fraction of sp³-hybridized carbons (Fsp3) is 0.350. The van der Waals surface area contributed by atoms with Crippen LogP contribution >= 0.6 is 15.9 Å². The van der Waals surface area contributed by atoms with Gasteiger partial charge in [0.1, 0.15) is 11.6 Å². The molecule has 7 nitrogen and oxygen atoms in total. The van der Waals surface area contributed by atoms with E-state index in [-0.39, 0.29) is 0 Å². The molecule has 0 aliphatic rings. The van der Waals surface area contributed by atoms with E-state index in [0.717, 1.165) is 40.7 Å². The monoisotopic (exact) mass is 443 g/mol. The van der Waals surface area contributed by atoms with Crippen LogP contribution in [0.25, 0.3) is 5.82 Å². The van der Waals surface area contributed by atoms with Crippen molar-refractivity contribution in [1.82, 2.24) is 29.3 Å². The van der Waals surface area contributed by atoms with Crippen molar-refractivity contribution in [1.29, 1.82) is 0 Å². The predicted octanol–water partition coefficient (Wildman–Crippen LogP) is 3.27. The lowest BCUT2D eigenvalue weighted by molar-refractivity contribution is 0.462. The van der Waals surface area contributed by atoms with Gasteiger partial charge in [0, 0.05) is 55.6 Å². The molecule has 0 saturated heterocycles. The number of halogens is 1. The number of hydrogen-bond donors (Lipinski definition) is 1. The Morgan fingerprint density at radius 3 is 2.71 bits per heavy atom. The molecule has 1 N–H and O–H groups in total. The molecule has 0 aliphatic heterocycles. The van der Waals surface area contributed by atoms with Crippen molar-refractivity contribution in [3.05, 3.63) is 64.5 Å². The average molecular weight is 444 g/mol. The molecule has 3 aromatic rings. The molecule has 3 heterocycles. The molecule has 8 heteroatoms. The summed E-state index contributed by atoms with van der Waals surface area (Å²) in [6, 6.07) is 6.18. The lowest BCUT2D eigenvalue weighted by atomic mass is 10.3. The summed E-state index contributed by atoms with van der Waals surface area (Å²) in [6.45, 7) is 6.19. The van der Waals surface area contributed by atoms with Gasteiger partial charge in [0.2, 0.25) is 0 Å². The lowest BCUT2D eigenvalue weighted by Gasteiger charge is -2.22. The Morgan fingerprint density at radius 2 is 2.14 bits per heavy atom. The Kier molecular flexibility index (Phi) is 6.51. The van der Waals surface area contributed by atoms with E-state index in [1.165, 1.54) is 5.69 Å². The molecule has 0 atom stereocenters. The molecule has 0 radical (unpaired) electrons. The first kappa shape index (κ1) is 20.1. The smallest absolute Gasteiger partial charge is 0.194 e. The normalized spacial score (nSPS) is 11.7. The van der Waals surface area contributed by atoms with Gasteiger partial charge >= 0.3 is 0 Å². The molecule has 0 unspecified atom stereocenters. The van der Waals surface area contributed by atoms with Crippen molar-refractivity contribution in [3.63, 3.8) is 0 Å². The maximum Gasteiger partial charge on any atom is 0.194 e. The van der Waals surface area contributed by atoms with Gasteiger partial charge in [-0.25, -0.2) is 15.0 Å². The first-order valence-electron chi connectivity index (χ1n) is 9.23. The second-order valence-corrected chi connectivity index (χ2v) is 7.57. The second-order valence-electron chi connectivity index (χ2n) is 6.66. The van der Waals surface area contributed by atoms with Gasteiger partial charge in [-0.15, -0.1) is 0 Å². The Labute approximate surface area is 174 Å². The van der Waals surface area contributed by atoms with Gasteiger partial charge in [-0.3, -0.25) is 4.57 Å². The summed E-state index contributed by atoms with van der Waals surface area (Å²) in [5, 5.41) is 3.36. The summed E-state index contributed by atoms with van der Waals surface area (Å²) in [5.74, 6) is 2.65. The van der Waals surface area contributed by atoms with Crippen LogP contribution in [0.15, 0.2) is 52.5 Å². The van der Waals surface area contributed by atoms with Gasteiger partial charge < -0.3 is 14.8 Å². The molecule has 0 amide bonds. The van der Waals surface area contributed by atoms with Crippen LogP contribution in [-0.4, -0.2) is 43.6 Å². The molecule has 0 aromatic carbocycles. The number of aromatic nitrogens is 4. The zero-order chi connectivity index (χ0) is 20.1. The van der Waals surface area contributed by atoms with E-state index in [2.05, 4.69) is 65.9 Å². The standard InChI is InChI=1S/C20H26BrN7/c1-5-22-20(27(4)14-18-10-17(21)13-26(18)3)25-12-16-6-7-19(24-11-16)28-9-8-23-15(28)2/h6-11,13H,5,12,14H2,1-4H3,(H,22,25). The van der Waals surface area contributed by atoms with Crippen molar-refractivity contribution in [2.75, 3.05) is 13.6 Å². The molecule has 148 valence electrons. The summed E-state index contributed by atoms with van der Waals surface area (Å²) >= 11 is 3.53. The second kappa shape index (κ2) is 9.05. The summed E-state index contributed by atoms with van der Waals surface area (Å²) in [5.41, 5.74) is 2.27. The zero-order valence-corrected chi connectivity index (χ0v) is 18.3. The molecule has 0 bridgehead atoms. The Hall–Kier alpha value is -2.61. The minimum absolute atomic E-state index is 0.569. The molecular weight excluding hydrogens is 418 g/mol. The predicted molar refractivity (Wildman–Crippen MR) is 115 cm³/mol. The largest absolute Gasteiger partial charge is 0.357 e. The van der Waals surface area contributed by atoms with E-state index in [1.54, 1.807) is 6.20 Å². The number of imidazole rings is 1. The van der Waals surface area contributed by atoms with Crippen LogP contribution in [0.1, 0.15) is 24.0 Å². The Bertz CT molecular complexity index is 940. The fourth-order valence-electron chi connectivity index (χ4n) is 2.95. The molecule has 0 aliphatic carbocycles. The van der Waals surface area contributed by atoms with E-state index in [9.17, 15) is 0 Å². The highest BCUT2D eigenvalue weighted by Crippen LogP contribution is 2.15. The maximum atomic E-state index is 4.78. The third-order valence-electron chi connectivity index (χ3n) is 4.46. The van der Waals surface area contributed by atoms with Gasteiger partial charge in [-0.05, 0) is 47.5 Å². The van der Waals surface area contributed by atoms with Crippen LogP contribution in [-0.2, 0) is 20.1 Å². The number of aliphatic imine (C=N–C) groups is 1. The molecule has 0 fully saturated rings. The SMILES string of the molecule is CCNC(=NCc1ccc(-n2ccnc2C)nc1)N(C)Cc1cc(Br)cn1C. The van der Waals surface area contributed by atoms with E-state index < -0.39 is 0 Å². The van der Waals surface area contributed by atoms with Crippen molar-refractivity contribution in [2.45, 2.75) is 26.9 Å². The zero-order valence-electron chi connectivity index (χ0n) is 16.7. The molecular formula is C20H26BrN7. The van der Waals surface area contributed by atoms with Crippen LogP contribution in [0.3, 0.4) is 0 Å². The van der Waals surface area contributed by atoms with Crippen LogP contribution in [0.2, 0.25) is 0 Å². The van der Waals surface area contributed by atoms with Crippen molar-refractivity contribution < 1.29 is 0 Å². The van der Waals surface area contributed by atoms with Gasteiger partial charge in [0.15, 0.2) is 5.96 Å². The number of pyridine rings is 1. The van der Waals surface area contributed by atoms with Crippen LogP contribution in [0.5, 0.6) is 0 Å². The summed E-state index contributed by atoms with van der Waals surface area (Å²) < 4.78 is 5.16. The van der Waals surface area contributed by atoms with Gasteiger partial charge in [0.05, 0.1) is 13.1 Å². The number of nitrogens with one attached hydrogen (secondary N) is 1. The minimum Gasteiger partial charge on any atom is -0.357 e. The molecule has 0 spiro atoms. The molecule has 0 saturated carbocycles. The van der Waals surface area contributed by atoms with Gasteiger partial charge in [0.25, 0.3) is 0 Å². The van der Waals surface area contributed by atoms with Crippen LogP contribution < -0.4 is 5.32 Å². The van der Waals surface area contributed by atoms with E-state index in [4.69, 9.17) is 4.99 Å². The third kappa shape index (κ3) is 4.81. The van der Waals surface area contributed by atoms with Gasteiger partial charge in [-0.1, -0.05) is 6.07 Å².